The largest absolute Gasteiger partial charge is 0.480 e. The van der Waals surface area contributed by atoms with Crippen LogP contribution in [0.3, 0.4) is 0 Å². The van der Waals surface area contributed by atoms with Gasteiger partial charge in [0.25, 0.3) is 0 Å². The molecule has 0 bridgehead atoms. The Hall–Kier alpha value is -2.62. The first-order chi connectivity index (χ1) is 14.2. The van der Waals surface area contributed by atoms with E-state index in [9.17, 15) is 24.3 Å². The molecule has 0 saturated heterocycles. The fourth-order valence-corrected chi connectivity index (χ4v) is 3.37. The van der Waals surface area contributed by atoms with Crippen molar-refractivity contribution in [1.29, 1.82) is 0 Å². The third-order valence-corrected chi connectivity index (χ3v) is 5.09. The molecule has 0 fully saturated rings. The van der Waals surface area contributed by atoms with Gasteiger partial charge in [-0.15, -0.1) is 0 Å². The van der Waals surface area contributed by atoms with E-state index in [4.69, 9.17) is 0 Å². The van der Waals surface area contributed by atoms with Crippen LogP contribution in [0.2, 0.25) is 0 Å². The quantitative estimate of drug-likeness (QED) is 0.396. The molecule has 0 aliphatic carbocycles. The second kappa shape index (κ2) is 12.8. The van der Waals surface area contributed by atoms with Crippen LogP contribution in [-0.4, -0.2) is 64.4 Å². The van der Waals surface area contributed by atoms with Crippen molar-refractivity contribution in [3.63, 3.8) is 0 Å². The molecule has 0 unspecified atom stereocenters. The van der Waals surface area contributed by atoms with Gasteiger partial charge in [-0.05, 0) is 49.8 Å². The second-order valence-corrected chi connectivity index (χ2v) is 8.22. The molecule has 3 amide bonds. The number of anilines is 1. The smallest absolute Gasteiger partial charge is 0.326 e. The standard InChI is InChI=1S/C20H30N4O5S/c1-13(2)11-17(23-18(26)16(22-12-25)7-10-30-4)19(27)24(14(3)20(28)29)15-5-8-21-9-6-15/h5-6,8-9,12-14,16-17H,7,10-11H2,1-4H3,(H,22,25)(H,23,26)(H,28,29)/t14-,16-,17-/m0/s1. The van der Waals surface area contributed by atoms with Crippen molar-refractivity contribution in [2.45, 2.75) is 51.7 Å². The number of carboxylic acid groups (broad SMARTS) is 1. The van der Waals surface area contributed by atoms with Crippen molar-refractivity contribution in [3.05, 3.63) is 24.5 Å². The fraction of sp³-hybridized carbons (Fsp3) is 0.550. The number of hydrogen-bond donors (Lipinski definition) is 3. The van der Waals surface area contributed by atoms with Gasteiger partial charge in [0.15, 0.2) is 0 Å². The molecule has 30 heavy (non-hydrogen) atoms. The summed E-state index contributed by atoms with van der Waals surface area (Å²) in [5.41, 5.74) is 0.373. The van der Waals surface area contributed by atoms with Crippen molar-refractivity contribution in [2.24, 2.45) is 5.92 Å². The molecule has 1 rings (SSSR count). The summed E-state index contributed by atoms with van der Waals surface area (Å²) in [7, 11) is 0. The van der Waals surface area contributed by atoms with Gasteiger partial charge in [0.2, 0.25) is 18.2 Å². The van der Waals surface area contributed by atoms with E-state index in [0.717, 1.165) is 4.90 Å². The normalized spacial score (nSPS) is 13.8. The second-order valence-electron chi connectivity index (χ2n) is 7.24. The highest BCUT2D eigenvalue weighted by Crippen LogP contribution is 2.20. The lowest BCUT2D eigenvalue weighted by Gasteiger charge is -2.32. The Kier molecular flexibility index (Phi) is 10.9. The van der Waals surface area contributed by atoms with Gasteiger partial charge < -0.3 is 15.7 Å². The van der Waals surface area contributed by atoms with E-state index in [1.54, 1.807) is 12.1 Å². The van der Waals surface area contributed by atoms with Gasteiger partial charge in [-0.25, -0.2) is 4.79 Å². The lowest BCUT2D eigenvalue weighted by Crippen LogP contribution is -2.56. The zero-order chi connectivity index (χ0) is 22.7. The van der Waals surface area contributed by atoms with Crippen LogP contribution in [0.5, 0.6) is 0 Å². The molecule has 0 aliphatic heterocycles. The Labute approximate surface area is 181 Å². The maximum absolute atomic E-state index is 13.4. The van der Waals surface area contributed by atoms with E-state index in [0.29, 0.717) is 30.7 Å². The first-order valence-corrected chi connectivity index (χ1v) is 11.1. The summed E-state index contributed by atoms with van der Waals surface area (Å²) in [6, 6.07) is 0.218. The Morgan fingerprint density at radius 1 is 1.20 bits per heavy atom. The first kappa shape index (κ1) is 25.4. The molecule has 0 saturated carbocycles. The molecular weight excluding hydrogens is 408 g/mol. The Balaban J connectivity index is 3.19. The van der Waals surface area contributed by atoms with Crippen molar-refractivity contribution >= 4 is 41.6 Å². The highest BCUT2D eigenvalue weighted by atomic mass is 32.2. The highest BCUT2D eigenvalue weighted by Gasteiger charge is 2.34. The van der Waals surface area contributed by atoms with E-state index in [-0.39, 0.29) is 5.92 Å². The predicted octanol–water partition coefficient (Wildman–Crippen LogP) is 1.29. The average Bonchev–Trinajstić information content (AvgIpc) is 2.70. The number of thioether (sulfide) groups is 1. The molecule has 1 aromatic rings. The van der Waals surface area contributed by atoms with Crippen LogP contribution in [0.1, 0.15) is 33.6 Å². The topological polar surface area (TPSA) is 129 Å². The van der Waals surface area contributed by atoms with Crippen molar-refractivity contribution < 1.29 is 24.3 Å². The summed E-state index contributed by atoms with van der Waals surface area (Å²) < 4.78 is 0. The number of nitrogens with zero attached hydrogens (tertiary/aromatic N) is 2. The number of rotatable bonds is 13. The molecule has 0 aliphatic rings. The minimum Gasteiger partial charge on any atom is -0.480 e. The Morgan fingerprint density at radius 3 is 2.33 bits per heavy atom. The van der Waals surface area contributed by atoms with Crippen molar-refractivity contribution in [3.8, 4) is 0 Å². The maximum atomic E-state index is 13.4. The molecule has 3 N–H and O–H groups in total. The summed E-state index contributed by atoms with van der Waals surface area (Å²) in [4.78, 5) is 53.8. The average molecular weight is 439 g/mol. The molecule has 0 radical (unpaired) electrons. The molecule has 3 atom stereocenters. The zero-order valence-electron chi connectivity index (χ0n) is 17.7. The molecule has 9 nitrogen and oxygen atoms in total. The van der Waals surface area contributed by atoms with Crippen LogP contribution in [0, 0.1) is 5.92 Å². The minimum atomic E-state index is -1.17. The summed E-state index contributed by atoms with van der Waals surface area (Å²) in [5.74, 6) is -1.47. The fourth-order valence-electron chi connectivity index (χ4n) is 2.90. The molecule has 166 valence electrons. The van der Waals surface area contributed by atoms with Crippen molar-refractivity contribution in [2.75, 3.05) is 16.9 Å². The van der Waals surface area contributed by atoms with E-state index >= 15 is 0 Å². The Bertz CT molecular complexity index is 716. The van der Waals surface area contributed by atoms with Gasteiger partial charge >= 0.3 is 5.97 Å². The minimum absolute atomic E-state index is 0.0577. The van der Waals surface area contributed by atoms with Crippen LogP contribution in [0.15, 0.2) is 24.5 Å². The van der Waals surface area contributed by atoms with Gasteiger partial charge in [0.1, 0.15) is 18.1 Å². The van der Waals surface area contributed by atoms with Gasteiger partial charge in [0.05, 0.1) is 0 Å². The summed E-state index contributed by atoms with van der Waals surface area (Å²) >= 11 is 1.54. The SMILES string of the molecule is CSCC[C@H](NC=O)C(=O)N[C@@H](CC(C)C)C(=O)N(c1ccncc1)[C@@H](C)C(=O)O. The van der Waals surface area contributed by atoms with E-state index in [1.165, 1.54) is 31.1 Å². The number of hydrogen-bond acceptors (Lipinski definition) is 6. The molecule has 1 aromatic heterocycles. The number of aliphatic carboxylic acids is 1. The van der Waals surface area contributed by atoms with E-state index in [1.807, 2.05) is 20.1 Å². The molecule has 0 aromatic carbocycles. The zero-order valence-corrected chi connectivity index (χ0v) is 18.5. The van der Waals surface area contributed by atoms with Crippen LogP contribution in [0.25, 0.3) is 0 Å². The van der Waals surface area contributed by atoms with Gasteiger partial charge in [-0.2, -0.15) is 11.8 Å². The number of carbonyl (C=O) groups excluding carboxylic acids is 3. The van der Waals surface area contributed by atoms with Gasteiger partial charge in [-0.3, -0.25) is 24.3 Å². The number of aromatic nitrogens is 1. The lowest BCUT2D eigenvalue weighted by molar-refractivity contribution is -0.140. The van der Waals surface area contributed by atoms with Gasteiger partial charge in [-0.1, -0.05) is 13.8 Å². The number of nitrogens with one attached hydrogen (secondary N) is 2. The predicted molar refractivity (Wildman–Crippen MR) is 116 cm³/mol. The van der Waals surface area contributed by atoms with Crippen LogP contribution in [-0.2, 0) is 19.2 Å². The molecule has 1 heterocycles. The summed E-state index contributed by atoms with van der Waals surface area (Å²) in [5, 5.41) is 14.7. The molecule has 10 heteroatoms. The molecule has 0 spiro atoms. The third-order valence-electron chi connectivity index (χ3n) is 4.44. The third kappa shape index (κ3) is 7.66. The highest BCUT2D eigenvalue weighted by molar-refractivity contribution is 7.98. The number of carboxylic acids is 1. The number of amides is 3. The van der Waals surface area contributed by atoms with Gasteiger partial charge in [0, 0.05) is 18.1 Å². The van der Waals surface area contributed by atoms with E-state index in [2.05, 4.69) is 15.6 Å². The molecular formula is C20H30N4O5S. The first-order valence-electron chi connectivity index (χ1n) is 9.67. The Morgan fingerprint density at radius 2 is 1.83 bits per heavy atom. The van der Waals surface area contributed by atoms with Crippen LogP contribution in [0.4, 0.5) is 5.69 Å². The number of carbonyl (C=O) groups is 4. The monoisotopic (exact) mass is 438 g/mol. The summed E-state index contributed by atoms with van der Waals surface area (Å²) in [6.07, 6.45) is 6.00. The van der Waals surface area contributed by atoms with Crippen molar-refractivity contribution in [1.82, 2.24) is 15.6 Å². The van der Waals surface area contributed by atoms with Crippen LogP contribution >= 0.6 is 11.8 Å². The number of pyridine rings is 1. The maximum Gasteiger partial charge on any atom is 0.326 e. The van der Waals surface area contributed by atoms with Crippen LogP contribution < -0.4 is 15.5 Å². The van der Waals surface area contributed by atoms with E-state index < -0.39 is 35.9 Å². The lowest BCUT2D eigenvalue weighted by atomic mass is 10.0. The summed E-state index contributed by atoms with van der Waals surface area (Å²) in [6.45, 7) is 5.21.